The van der Waals surface area contributed by atoms with E-state index in [0.29, 0.717) is 31.9 Å². The van der Waals surface area contributed by atoms with Gasteiger partial charge in [0.2, 0.25) is 15.9 Å². The molecule has 0 bridgehead atoms. The van der Waals surface area contributed by atoms with Crippen molar-refractivity contribution in [3.05, 3.63) is 24.3 Å². The van der Waals surface area contributed by atoms with Crippen molar-refractivity contribution in [3.8, 4) is 0 Å². The lowest BCUT2D eigenvalue weighted by Gasteiger charge is -2.15. The van der Waals surface area contributed by atoms with E-state index in [2.05, 4.69) is 10.6 Å². The molecule has 1 aromatic carbocycles. The summed E-state index contributed by atoms with van der Waals surface area (Å²) in [4.78, 5) is 12.0. The number of nitrogens with zero attached hydrogens (tertiary/aromatic N) is 1. The van der Waals surface area contributed by atoms with Crippen LogP contribution in [-0.2, 0) is 19.6 Å². The fraction of sp³-hybridized carbons (Fsp3) is 0.533. The Balaban J connectivity index is 1.90. The van der Waals surface area contributed by atoms with E-state index in [1.807, 2.05) is 0 Å². The van der Waals surface area contributed by atoms with E-state index in [-0.39, 0.29) is 17.3 Å². The first kappa shape index (κ1) is 17.9. The zero-order valence-electron chi connectivity index (χ0n) is 13.2. The fourth-order valence-electron chi connectivity index (χ4n) is 2.37. The highest BCUT2D eigenvalue weighted by atomic mass is 32.2. The minimum Gasteiger partial charge on any atom is -0.383 e. The summed E-state index contributed by atoms with van der Waals surface area (Å²) in [5.74, 6) is -0.184. The van der Waals surface area contributed by atoms with Gasteiger partial charge in [-0.2, -0.15) is 4.31 Å². The van der Waals surface area contributed by atoms with Crippen LogP contribution in [0.4, 0.5) is 5.69 Å². The molecule has 1 aliphatic heterocycles. The third kappa shape index (κ3) is 5.00. The lowest BCUT2D eigenvalue weighted by atomic mass is 10.3. The SMILES string of the molecule is COCCNCC(=O)Nc1ccc(S(=O)(=O)N2CCCC2)cc1. The van der Waals surface area contributed by atoms with E-state index in [0.717, 1.165) is 12.8 Å². The average molecular weight is 341 g/mol. The van der Waals surface area contributed by atoms with E-state index in [9.17, 15) is 13.2 Å². The summed E-state index contributed by atoms with van der Waals surface area (Å²) in [5, 5.41) is 5.66. The first-order valence-electron chi connectivity index (χ1n) is 7.64. The van der Waals surface area contributed by atoms with Crippen LogP contribution in [0.2, 0.25) is 0 Å². The van der Waals surface area contributed by atoms with E-state index in [1.165, 1.54) is 16.4 Å². The second-order valence-corrected chi connectivity index (χ2v) is 7.29. The van der Waals surface area contributed by atoms with Crippen LogP contribution in [0.25, 0.3) is 0 Å². The number of rotatable bonds is 8. The van der Waals surface area contributed by atoms with Crippen LogP contribution in [-0.4, -0.2) is 58.5 Å². The number of benzene rings is 1. The van der Waals surface area contributed by atoms with Crippen LogP contribution in [0.5, 0.6) is 0 Å². The summed E-state index contributed by atoms with van der Waals surface area (Å²) in [6.45, 7) is 2.46. The topological polar surface area (TPSA) is 87.7 Å². The van der Waals surface area contributed by atoms with Gasteiger partial charge in [0.1, 0.15) is 0 Å². The first-order valence-corrected chi connectivity index (χ1v) is 9.08. The molecule has 1 amide bonds. The first-order chi connectivity index (χ1) is 11.0. The lowest BCUT2D eigenvalue weighted by Crippen LogP contribution is -2.30. The normalized spacial score (nSPS) is 15.7. The molecule has 0 unspecified atom stereocenters. The number of sulfonamides is 1. The number of hydrogen-bond donors (Lipinski definition) is 2. The van der Waals surface area contributed by atoms with Crippen molar-refractivity contribution < 1.29 is 17.9 Å². The molecular weight excluding hydrogens is 318 g/mol. The van der Waals surface area contributed by atoms with Gasteiger partial charge in [0.25, 0.3) is 0 Å². The Kier molecular flexibility index (Phi) is 6.52. The highest BCUT2D eigenvalue weighted by Crippen LogP contribution is 2.22. The van der Waals surface area contributed by atoms with Crippen LogP contribution in [0, 0.1) is 0 Å². The maximum Gasteiger partial charge on any atom is 0.243 e. The van der Waals surface area contributed by atoms with Gasteiger partial charge in [0.15, 0.2) is 0 Å². The molecule has 1 fully saturated rings. The summed E-state index contributed by atoms with van der Waals surface area (Å²) in [5.41, 5.74) is 0.573. The Morgan fingerprint density at radius 2 is 1.87 bits per heavy atom. The summed E-state index contributed by atoms with van der Waals surface area (Å²) in [6.07, 6.45) is 1.81. The standard InChI is InChI=1S/C15H23N3O4S/c1-22-11-8-16-12-15(19)17-13-4-6-14(7-5-13)23(20,21)18-9-2-3-10-18/h4-7,16H,2-3,8-12H2,1H3,(H,17,19). The number of carbonyl (C=O) groups excluding carboxylic acids is 1. The van der Waals surface area contributed by atoms with Crippen LogP contribution in [0.1, 0.15) is 12.8 Å². The molecule has 1 heterocycles. The molecule has 23 heavy (non-hydrogen) atoms. The number of carbonyl (C=O) groups is 1. The summed E-state index contributed by atoms with van der Waals surface area (Å²) in [7, 11) is -1.81. The van der Waals surface area contributed by atoms with E-state index in [4.69, 9.17) is 4.74 Å². The van der Waals surface area contributed by atoms with E-state index in [1.54, 1.807) is 19.2 Å². The van der Waals surface area contributed by atoms with Crippen LogP contribution < -0.4 is 10.6 Å². The molecule has 0 aromatic heterocycles. The maximum atomic E-state index is 12.4. The molecule has 2 N–H and O–H groups in total. The van der Waals surface area contributed by atoms with Crippen LogP contribution in [0.15, 0.2) is 29.2 Å². The second-order valence-electron chi connectivity index (χ2n) is 5.35. The number of amides is 1. The van der Waals surface area contributed by atoms with Gasteiger partial charge in [-0.3, -0.25) is 4.79 Å². The van der Waals surface area contributed by atoms with Gasteiger partial charge < -0.3 is 15.4 Å². The van der Waals surface area contributed by atoms with Gasteiger partial charge in [-0.1, -0.05) is 0 Å². The van der Waals surface area contributed by atoms with Gasteiger partial charge in [-0.25, -0.2) is 8.42 Å². The monoisotopic (exact) mass is 341 g/mol. The number of hydrogen-bond acceptors (Lipinski definition) is 5. The summed E-state index contributed by atoms with van der Waals surface area (Å²) in [6, 6.07) is 6.27. The van der Waals surface area contributed by atoms with Gasteiger partial charge in [0.05, 0.1) is 18.0 Å². The van der Waals surface area contributed by atoms with Gasteiger partial charge >= 0.3 is 0 Å². The third-order valence-corrected chi connectivity index (χ3v) is 5.52. The molecule has 0 spiro atoms. The van der Waals surface area contributed by atoms with Crippen molar-refractivity contribution in [3.63, 3.8) is 0 Å². The highest BCUT2D eigenvalue weighted by Gasteiger charge is 2.26. The predicted octanol–water partition coefficient (Wildman–Crippen LogP) is 0.646. The number of ether oxygens (including phenoxy) is 1. The van der Waals surface area contributed by atoms with Crippen molar-refractivity contribution in [1.29, 1.82) is 0 Å². The fourth-order valence-corrected chi connectivity index (χ4v) is 3.89. The lowest BCUT2D eigenvalue weighted by molar-refractivity contribution is -0.115. The molecule has 1 aliphatic rings. The van der Waals surface area contributed by atoms with Crippen LogP contribution in [0.3, 0.4) is 0 Å². The van der Waals surface area contributed by atoms with E-state index >= 15 is 0 Å². The third-order valence-electron chi connectivity index (χ3n) is 3.61. The molecule has 0 atom stereocenters. The molecule has 8 heteroatoms. The van der Waals surface area contributed by atoms with Crippen molar-refractivity contribution in [2.75, 3.05) is 45.2 Å². The second kappa shape index (κ2) is 8.39. The smallest absolute Gasteiger partial charge is 0.243 e. The summed E-state index contributed by atoms with van der Waals surface area (Å²) < 4.78 is 31.1. The van der Waals surface area contributed by atoms with Crippen LogP contribution >= 0.6 is 0 Å². The van der Waals surface area contributed by atoms with E-state index < -0.39 is 10.0 Å². The Morgan fingerprint density at radius 3 is 2.48 bits per heavy atom. The Labute approximate surface area is 137 Å². The summed E-state index contributed by atoms with van der Waals surface area (Å²) >= 11 is 0. The number of anilines is 1. The molecular formula is C15H23N3O4S. The molecule has 0 saturated carbocycles. The van der Waals surface area contributed by atoms with Crippen molar-refractivity contribution >= 4 is 21.6 Å². The maximum absolute atomic E-state index is 12.4. The van der Waals surface area contributed by atoms with Crippen molar-refractivity contribution in [1.82, 2.24) is 9.62 Å². The Morgan fingerprint density at radius 1 is 1.22 bits per heavy atom. The predicted molar refractivity (Wildman–Crippen MR) is 87.8 cm³/mol. The minimum atomic E-state index is -3.41. The Bertz CT molecular complexity index is 610. The molecule has 0 aliphatic carbocycles. The van der Waals surface area contributed by atoms with Crippen molar-refractivity contribution in [2.45, 2.75) is 17.7 Å². The van der Waals surface area contributed by atoms with Gasteiger partial charge in [-0.05, 0) is 37.1 Å². The highest BCUT2D eigenvalue weighted by molar-refractivity contribution is 7.89. The average Bonchev–Trinajstić information content (AvgIpc) is 3.07. The zero-order chi connectivity index (χ0) is 16.7. The largest absolute Gasteiger partial charge is 0.383 e. The van der Waals surface area contributed by atoms with Gasteiger partial charge in [0, 0.05) is 32.4 Å². The molecule has 2 rings (SSSR count). The molecule has 7 nitrogen and oxygen atoms in total. The number of nitrogens with one attached hydrogen (secondary N) is 2. The molecule has 0 radical (unpaired) electrons. The molecule has 128 valence electrons. The molecule has 1 aromatic rings. The van der Waals surface area contributed by atoms with Crippen molar-refractivity contribution in [2.24, 2.45) is 0 Å². The quantitative estimate of drug-likeness (QED) is 0.678. The number of methoxy groups -OCH3 is 1. The van der Waals surface area contributed by atoms with Gasteiger partial charge in [-0.15, -0.1) is 0 Å². The molecule has 1 saturated heterocycles. The minimum absolute atomic E-state index is 0.178. The zero-order valence-corrected chi connectivity index (χ0v) is 14.1. The Hall–Kier alpha value is -1.48.